The average Bonchev–Trinajstić information content (AvgIpc) is 2.84. The van der Waals surface area contributed by atoms with Gasteiger partial charge in [-0.05, 0) is 80.6 Å². The Kier molecular flexibility index (Phi) is 5.18. The number of nitrogens with two attached hydrogens (primary N) is 1. The van der Waals surface area contributed by atoms with Gasteiger partial charge in [-0.3, -0.25) is 0 Å². The second kappa shape index (κ2) is 6.96. The predicted molar refractivity (Wildman–Crippen MR) is 101 cm³/mol. The second-order valence-corrected chi connectivity index (χ2v) is 8.01. The number of aliphatic carboxylic acids is 1. The van der Waals surface area contributed by atoms with E-state index in [9.17, 15) is 9.90 Å². The van der Waals surface area contributed by atoms with E-state index < -0.39 is 18.6 Å². The van der Waals surface area contributed by atoms with Gasteiger partial charge < -0.3 is 26.2 Å². The third-order valence-electron chi connectivity index (χ3n) is 6.48. The quantitative estimate of drug-likeness (QED) is 0.468. The number of carbonyl (C=O) groups is 1. The molecule has 0 spiro atoms. The summed E-state index contributed by atoms with van der Waals surface area (Å²) < 4.78 is 0. The molecule has 142 valence electrons. The fourth-order valence-electron chi connectivity index (χ4n) is 4.91. The van der Waals surface area contributed by atoms with Crippen molar-refractivity contribution in [2.75, 3.05) is 7.05 Å². The van der Waals surface area contributed by atoms with E-state index >= 15 is 0 Å². The number of carboxylic acid groups (broad SMARTS) is 1. The molecule has 0 heterocycles. The molecule has 2 unspecified atom stereocenters. The predicted octanol–water partition coefficient (Wildman–Crippen LogP) is 1.26. The number of hydrogen-bond donors (Lipinski definition) is 5. The van der Waals surface area contributed by atoms with Crippen molar-refractivity contribution in [1.29, 1.82) is 0 Å². The minimum atomic E-state index is -1.35. The number of benzene rings is 1. The highest BCUT2D eigenvalue weighted by Crippen LogP contribution is 2.48. The molecule has 1 aromatic carbocycles. The fourth-order valence-corrected chi connectivity index (χ4v) is 4.91. The molecule has 6 N–H and O–H groups in total. The zero-order valence-corrected chi connectivity index (χ0v) is 15.6. The van der Waals surface area contributed by atoms with Crippen LogP contribution in [0, 0.1) is 12.8 Å². The number of aryl methyl sites for hydroxylation is 1. The monoisotopic (exact) mass is 360 g/mol. The van der Waals surface area contributed by atoms with Crippen LogP contribution < -0.4 is 11.1 Å². The second-order valence-electron chi connectivity index (χ2n) is 8.01. The smallest absolute Gasteiger partial charge is 0.451 e. The summed E-state index contributed by atoms with van der Waals surface area (Å²) in [6.45, 7) is 2.06. The zero-order chi connectivity index (χ0) is 19.1. The topological polar surface area (TPSA) is 116 Å². The number of hydrogen-bond acceptors (Lipinski definition) is 5. The Morgan fingerprint density at radius 3 is 2.54 bits per heavy atom. The molecule has 0 bridgehead atoms. The highest BCUT2D eigenvalue weighted by Gasteiger charge is 2.52. The number of carboxylic acids is 1. The van der Waals surface area contributed by atoms with Crippen LogP contribution in [0.4, 0.5) is 0 Å². The van der Waals surface area contributed by atoms with Crippen LogP contribution in [0.5, 0.6) is 0 Å². The molecule has 0 saturated heterocycles. The number of fused-ring (bicyclic) bond motifs is 1. The standard InChI is InChI=1S/C19H29BN2O4/c1-12-9-13-10-14(5-3-8-20(25)26)19(22-2,17(23)24)16(13)11-15(12)18(21)6-4-7-18/h9,11,14,22,25-26H,3-8,10,21H2,1-2H3,(H,23,24). The molecule has 26 heavy (non-hydrogen) atoms. The van der Waals surface area contributed by atoms with Gasteiger partial charge in [0, 0.05) is 5.54 Å². The molecule has 3 rings (SSSR count). The highest BCUT2D eigenvalue weighted by molar-refractivity contribution is 6.40. The normalized spacial score (nSPS) is 26.3. The van der Waals surface area contributed by atoms with E-state index in [2.05, 4.69) is 18.3 Å². The van der Waals surface area contributed by atoms with E-state index in [1.54, 1.807) is 7.05 Å². The summed E-state index contributed by atoms with van der Waals surface area (Å²) in [5.41, 5.74) is 9.13. The van der Waals surface area contributed by atoms with Crippen molar-refractivity contribution in [1.82, 2.24) is 5.32 Å². The Morgan fingerprint density at radius 2 is 2.04 bits per heavy atom. The Labute approximate surface area is 154 Å². The summed E-state index contributed by atoms with van der Waals surface area (Å²) in [6.07, 6.45) is 5.08. The van der Waals surface area contributed by atoms with Crippen LogP contribution in [0.3, 0.4) is 0 Å². The first-order valence-electron chi connectivity index (χ1n) is 9.46. The van der Waals surface area contributed by atoms with Crippen LogP contribution in [-0.4, -0.2) is 35.3 Å². The maximum atomic E-state index is 12.4. The van der Waals surface area contributed by atoms with Crippen LogP contribution in [0.15, 0.2) is 12.1 Å². The molecular weight excluding hydrogens is 331 g/mol. The van der Waals surface area contributed by atoms with Crippen molar-refractivity contribution in [2.24, 2.45) is 11.7 Å². The Morgan fingerprint density at radius 1 is 1.35 bits per heavy atom. The Bertz CT molecular complexity index is 705. The maximum absolute atomic E-state index is 12.4. The van der Waals surface area contributed by atoms with Crippen LogP contribution in [-0.2, 0) is 22.3 Å². The first-order valence-corrected chi connectivity index (χ1v) is 9.46. The molecule has 0 amide bonds. The van der Waals surface area contributed by atoms with Crippen LogP contribution >= 0.6 is 0 Å². The fraction of sp³-hybridized carbons (Fsp3) is 0.632. The molecule has 1 aromatic rings. The lowest BCUT2D eigenvalue weighted by Crippen LogP contribution is -2.51. The van der Waals surface area contributed by atoms with Crippen LogP contribution in [0.25, 0.3) is 0 Å². The van der Waals surface area contributed by atoms with Crippen molar-refractivity contribution in [3.63, 3.8) is 0 Å². The van der Waals surface area contributed by atoms with Gasteiger partial charge >= 0.3 is 13.1 Å². The Balaban J connectivity index is 2.00. The zero-order valence-electron chi connectivity index (χ0n) is 15.6. The molecule has 0 aliphatic heterocycles. The van der Waals surface area contributed by atoms with E-state index in [1.165, 1.54) is 0 Å². The van der Waals surface area contributed by atoms with Gasteiger partial charge in [0.25, 0.3) is 0 Å². The largest absolute Gasteiger partial charge is 0.480 e. The third kappa shape index (κ3) is 2.97. The van der Waals surface area contributed by atoms with Crippen molar-refractivity contribution in [2.45, 2.75) is 62.8 Å². The van der Waals surface area contributed by atoms with E-state index in [0.717, 1.165) is 41.5 Å². The summed E-state index contributed by atoms with van der Waals surface area (Å²) in [5, 5.41) is 31.4. The summed E-state index contributed by atoms with van der Waals surface area (Å²) >= 11 is 0. The molecule has 2 atom stereocenters. The lowest BCUT2D eigenvalue weighted by molar-refractivity contribution is -0.147. The van der Waals surface area contributed by atoms with Gasteiger partial charge in [0.2, 0.25) is 0 Å². The van der Waals surface area contributed by atoms with Gasteiger partial charge in [0.15, 0.2) is 0 Å². The number of nitrogens with one attached hydrogen (secondary N) is 1. The number of likely N-dealkylation sites (N-methyl/N-ethyl adjacent to an activating group) is 1. The molecule has 6 nitrogen and oxygen atoms in total. The molecule has 7 heteroatoms. The van der Waals surface area contributed by atoms with Crippen LogP contribution in [0.2, 0.25) is 6.32 Å². The van der Waals surface area contributed by atoms with E-state index in [1.807, 2.05) is 6.07 Å². The molecule has 2 aliphatic rings. The first-order chi connectivity index (χ1) is 12.2. The van der Waals surface area contributed by atoms with Crippen LogP contribution in [0.1, 0.15) is 54.4 Å². The number of rotatable bonds is 7. The van der Waals surface area contributed by atoms with E-state index in [0.29, 0.717) is 19.3 Å². The van der Waals surface area contributed by atoms with Gasteiger partial charge in [-0.25, -0.2) is 4.79 Å². The summed E-state index contributed by atoms with van der Waals surface area (Å²) in [7, 11) is 0.343. The molecule has 0 radical (unpaired) electrons. The first kappa shape index (κ1) is 19.4. The molecular formula is C19H29BN2O4. The van der Waals surface area contributed by atoms with Crippen molar-refractivity contribution in [3.8, 4) is 0 Å². The van der Waals surface area contributed by atoms with E-state index in [4.69, 9.17) is 15.8 Å². The van der Waals surface area contributed by atoms with Gasteiger partial charge in [0.05, 0.1) is 0 Å². The van der Waals surface area contributed by atoms with Gasteiger partial charge in [-0.15, -0.1) is 0 Å². The molecule has 1 saturated carbocycles. The molecule has 2 aliphatic carbocycles. The third-order valence-corrected chi connectivity index (χ3v) is 6.48. The minimum Gasteiger partial charge on any atom is -0.480 e. The minimum absolute atomic E-state index is 0.136. The summed E-state index contributed by atoms with van der Waals surface area (Å²) in [6, 6.07) is 4.13. The summed E-state index contributed by atoms with van der Waals surface area (Å²) in [5.74, 6) is -1.02. The van der Waals surface area contributed by atoms with Crippen molar-refractivity contribution < 1.29 is 19.9 Å². The van der Waals surface area contributed by atoms with Crippen molar-refractivity contribution in [3.05, 3.63) is 34.4 Å². The molecule has 0 aromatic heterocycles. The summed E-state index contributed by atoms with van der Waals surface area (Å²) in [4.78, 5) is 12.4. The lowest BCUT2D eigenvalue weighted by Gasteiger charge is -2.40. The molecule has 1 fully saturated rings. The van der Waals surface area contributed by atoms with Gasteiger partial charge in [-0.1, -0.05) is 18.6 Å². The maximum Gasteiger partial charge on any atom is 0.451 e. The van der Waals surface area contributed by atoms with Crippen molar-refractivity contribution >= 4 is 13.1 Å². The van der Waals surface area contributed by atoms with Gasteiger partial charge in [-0.2, -0.15) is 0 Å². The highest BCUT2D eigenvalue weighted by atomic mass is 16.4. The van der Waals surface area contributed by atoms with E-state index in [-0.39, 0.29) is 17.8 Å². The average molecular weight is 360 g/mol. The van der Waals surface area contributed by atoms with Gasteiger partial charge in [0.1, 0.15) is 5.54 Å². The SMILES string of the molecule is CNC1(C(=O)O)c2cc(C3(N)CCC3)c(C)cc2CC1CCCB(O)O. The Hall–Kier alpha value is -1.41. The lowest BCUT2D eigenvalue weighted by atomic mass is 9.70.